The maximum absolute atomic E-state index is 14.1. The Morgan fingerprint density at radius 2 is 1.94 bits per heavy atom. The first-order valence-electron chi connectivity index (χ1n) is 10.0. The highest BCUT2D eigenvalue weighted by Crippen LogP contribution is 2.34. The van der Waals surface area contributed by atoms with Crippen LogP contribution in [0.1, 0.15) is 0 Å². The minimum absolute atomic E-state index is 0.161. The normalized spacial score (nSPS) is 11.5. The number of aromatic nitrogens is 3. The zero-order valence-electron chi connectivity index (χ0n) is 18.3. The number of benzene rings is 2. The van der Waals surface area contributed by atoms with Crippen LogP contribution in [0.15, 0.2) is 53.6 Å². The molecular formula is C22H22FN5O5S. The smallest absolute Gasteiger partial charge is 0.265 e. The molecule has 4 N–H and O–H groups in total. The molecule has 0 amide bonds. The molecule has 0 bridgehead atoms. The zero-order chi connectivity index (χ0) is 24.3. The molecule has 0 saturated carbocycles. The summed E-state index contributed by atoms with van der Waals surface area (Å²) < 4.78 is 57.6. The van der Waals surface area contributed by atoms with Gasteiger partial charge in [0, 0.05) is 18.7 Å². The number of H-pyrrole nitrogens is 1. The topological polar surface area (TPSA) is 141 Å². The van der Waals surface area contributed by atoms with Crippen LogP contribution >= 0.6 is 0 Å². The van der Waals surface area contributed by atoms with Gasteiger partial charge in [-0.05, 0) is 36.4 Å². The van der Waals surface area contributed by atoms with Gasteiger partial charge >= 0.3 is 0 Å². The van der Waals surface area contributed by atoms with Gasteiger partial charge < -0.3 is 19.9 Å². The second kappa shape index (κ2) is 9.53. The number of ether oxygens (including phenoxy) is 3. The monoisotopic (exact) mass is 487 g/mol. The predicted octanol–water partition coefficient (Wildman–Crippen LogP) is 3.18. The molecule has 0 saturated heterocycles. The number of nitrogens with one attached hydrogen (secondary N) is 2. The highest BCUT2D eigenvalue weighted by atomic mass is 32.2. The highest BCUT2D eigenvalue weighted by Gasteiger charge is 2.21. The number of anilines is 2. The van der Waals surface area contributed by atoms with Gasteiger partial charge in [-0.15, -0.1) is 0 Å². The molecule has 34 heavy (non-hydrogen) atoms. The number of nitrogen functional groups attached to an aromatic ring is 1. The van der Waals surface area contributed by atoms with Crippen molar-refractivity contribution in [2.24, 2.45) is 0 Å². The number of fused-ring (bicyclic) bond motifs is 1. The number of hydrogen-bond acceptors (Lipinski definition) is 8. The number of nitrogens with zero attached hydrogens (tertiary/aromatic N) is 2. The van der Waals surface area contributed by atoms with E-state index in [9.17, 15) is 12.8 Å². The molecule has 12 heteroatoms. The van der Waals surface area contributed by atoms with Crippen LogP contribution in [0.4, 0.5) is 15.9 Å². The van der Waals surface area contributed by atoms with E-state index in [1.165, 1.54) is 25.4 Å². The highest BCUT2D eigenvalue weighted by molar-refractivity contribution is 7.92. The first-order chi connectivity index (χ1) is 16.3. The molecule has 0 aliphatic carbocycles. The third kappa shape index (κ3) is 4.72. The molecule has 0 aliphatic rings. The summed E-state index contributed by atoms with van der Waals surface area (Å²) in [4.78, 5) is 3.81. The summed E-state index contributed by atoms with van der Waals surface area (Å²) in [6.45, 7) is 0.707. The predicted molar refractivity (Wildman–Crippen MR) is 125 cm³/mol. The zero-order valence-corrected chi connectivity index (χ0v) is 19.1. The first-order valence-corrected chi connectivity index (χ1v) is 11.5. The molecule has 0 atom stereocenters. The Bertz CT molecular complexity index is 1420. The van der Waals surface area contributed by atoms with Crippen LogP contribution in [0.3, 0.4) is 0 Å². The summed E-state index contributed by atoms with van der Waals surface area (Å²) in [5.41, 5.74) is 8.01. The van der Waals surface area contributed by atoms with Gasteiger partial charge in [0.05, 0.1) is 42.2 Å². The number of methoxy groups -OCH3 is 2. The summed E-state index contributed by atoms with van der Waals surface area (Å²) in [6.07, 6.45) is 1.34. The van der Waals surface area contributed by atoms with E-state index in [2.05, 4.69) is 19.9 Å². The molecule has 2 aromatic carbocycles. The van der Waals surface area contributed by atoms with Gasteiger partial charge in [-0.3, -0.25) is 14.8 Å². The van der Waals surface area contributed by atoms with Crippen LogP contribution in [0.2, 0.25) is 0 Å². The van der Waals surface area contributed by atoms with Crippen LogP contribution in [-0.4, -0.2) is 51.0 Å². The average Bonchev–Trinajstić information content (AvgIpc) is 3.20. The Balaban J connectivity index is 1.61. The van der Waals surface area contributed by atoms with Gasteiger partial charge in [-0.2, -0.15) is 5.10 Å². The molecule has 4 aromatic rings. The lowest BCUT2D eigenvalue weighted by molar-refractivity contribution is 0.147. The Labute approximate surface area is 194 Å². The second-order valence-electron chi connectivity index (χ2n) is 7.18. The third-order valence-electron chi connectivity index (χ3n) is 4.94. The molecule has 0 aliphatic heterocycles. The van der Waals surface area contributed by atoms with Crippen LogP contribution in [0.25, 0.3) is 22.2 Å². The SMILES string of the molecule is COCCOc1cc(-c2ccc(NS(=O)(=O)c3cc(OC)ccc3F)cn2)cc2[nH]nc(N)c12. The van der Waals surface area contributed by atoms with Crippen molar-refractivity contribution in [3.8, 4) is 22.8 Å². The molecular weight excluding hydrogens is 465 g/mol. The molecule has 178 valence electrons. The molecule has 4 rings (SSSR count). The largest absolute Gasteiger partial charge is 0.497 e. The van der Waals surface area contributed by atoms with E-state index in [0.717, 1.165) is 12.1 Å². The van der Waals surface area contributed by atoms with Gasteiger partial charge in [-0.1, -0.05) is 0 Å². The van der Waals surface area contributed by atoms with Crippen molar-refractivity contribution in [3.63, 3.8) is 0 Å². The maximum atomic E-state index is 14.1. The summed E-state index contributed by atoms with van der Waals surface area (Å²) in [5.74, 6) is 0.131. The lowest BCUT2D eigenvalue weighted by atomic mass is 10.1. The summed E-state index contributed by atoms with van der Waals surface area (Å²) >= 11 is 0. The summed E-state index contributed by atoms with van der Waals surface area (Å²) in [5, 5.41) is 7.52. The lowest BCUT2D eigenvalue weighted by Crippen LogP contribution is -2.15. The van der Waals surface area contributed by atoms with Gasteiger partial charge in [0.2, 0.25) is 0 Å². The summed E-state index contributed by atoms with van der Waals surface area (Å²) in [6, 6.07) is 10.2. The molecule has 2 aromatic heterocycles. The fourth-order valence-electron chi connectivity index (χ4n) is 3.29. The van der Waals surface area contributed by atoms with Crippen molar-refractivity contribution in [1.82, 2.24) is 15.2 Å². The second-order valence-corrected chi connectivity index (χ2v) is 8.83. The Kier molecular flexibility index (Phi) is 6.52. The van der Waals surface area contributed by atoms with E-state index in [4.69, 9.17) is 19.9 Å². The van der Waals surface area contributed by atoms with Crippen LogP contribution in [0, 0.1) is 5.82 Å². The lowest BCUT2D eigenvalue weighted by Gasteiger charge is -2.12. The van der Waals surface area contributed by atoms with E-state index in [1.807, 2.05) is 0 Å². The van der Waals surface area contributed by atoms with Crippen LogP contribution < -0.4 is 19.9 Å². The minimum atomic E-state index is -4.20. The average molecular weight is 488 g/mol. The number of nitrogens with two attached hydrogens (primary N) is 1. The van der Waals surface area contributed by atoms with E-state index in [0.29, 0.717) is 46.9 Å². The number of aromatic amines is 1. The number of halogens is 1. The van der Waals surface area contributed by atoms with Gasteiger partial charge in [0.1, 0.15) is 28.8 Å². The van der Waals surface area contributed by atoms with Gasteiger partial charge in [0.15, 0.2) is 5.82 Å². The standard InChI is InChI=1S/C22H22FN5O5S/c1-31-7-8-33-19-10-13(9-18-21(19)22(24)27-26-18)17-6-3-14(12-25-17)28-34(29,30)20-11-15(32-2)4-5-16(20)23/h3-6,9-12,28H,7-8H2,1-2H3,(H3,24,26,27). The van der Waals surface area contributed by atoms with E-state index < -0.39 is 20.7 Å². The first kappa shape index (κ1) is 23.3. The Morgan fingerprint density at radius 3 is 2.65 bits per heavy atom. The van der Waals surface area contributed by atoms with Crippen molar-refractivity contribution in [2.75, 3.05) is 37.9 Å². The Hall–Kier alpha value is -3.90. The van der Waals surface area contributed by atoms with Crippen LogP contribution in [0.5, 0.6) is 11.5 Å². The maximum Gasteiger partial charge on any atom is 0.265 e. The molecule has 0 unspecified atom stereocenters. The molecule has 10 nitrogen and oxygen atoms in total. The number of hydrogen-bond donors (Lipinski definition) is 3. The molecule has 0 radical (unpaired) electrons. The van der Waals surface area contributed by atoms with E-state index >= 15 is 0 Å². The van der Waals surface area contributed by atoms with E-state index in [1.54, 1.807) is 25.3 Å². The fraction of sp³-hybridized carbons (Fsp3) is 0.182. The van der Waals surface area contributed by atoms with Gasteiger partial charge in [-0.25, -0.2) is 12.8 Å². The Morgan fingerprint density at radius 1 is 1.12 bits per heavy atom. The van der Waals surface area contributed by atoms with Crippen molar-refractivity contribution in [3.05, 3.63) is 54.5 Å². The molecule has 2 heterocycles. The molecule has 0 fully saturated rings. The molecule has 0 spiro atoms. The quantitative estimate of drug-likeness (QED) is 0.306. The van der Waals surface area contributed by atoms with Crippen molar-refractivity contribution < 1.29 is 27.0 Å². The van der Waals surface area contributed by atoms with Crippen LogP contribution in [-0.2, 0) is 14.8 Å². The fourth-order valence-corrected chi connectivity index (χ4v) is 4.43. The van der Waals surface area contributed by atoms with Crippen molar-refractivity contribution in [2.45, 2.75) is 4.90 Å². The van der Waals surface area contributed by atoms with Gasteiger partial charge in [0.25, 0.3) is 10.0 Å². The minimum Gasteiger partial charge on any atom is -0.497 e. The number of rotatable bonds is 9. The van der Waals surface area contributed by atoms with Crippen molar-refractivity contribution >= 4 is 32.4 Å². The number of pyridine rings is 1. The number of sulfonamides is 1. The third-order valence-corrected chi connectivity index (χ3v) is 6.34. The van der Waals surface area contributed by atoms with Crippen molar-refractivity contribution in [1.29, 1.82) is 0 Å². The summed E-state index contributed by atoms with van der Waals surface area (Å²) in [7, 11) is -1.27. The van der Waals surface area contributed by atoms with E-state index in [-0.39, 0.29) is 11.4 Å².